The minimum absolute atomic E-state index is 0.0239. The molecule has 8 aromatic carbocycles. The Morgan fingerprint density at radius 2 is 1.11 bits per heavy atom. The lowest BCUT2D eigenvalue weighted by Crippen LogP contribution is -2.12. The summed E-state index contributed by atoms with van der Waals surface area (Å²) in [4.78, 5) is 15.5. The summed E-state index contributed by atoms with van der Waals surface area (Å²) in [5, 5.41) is 7.09. The summed E-state index contributed by atoms with van der Waals surface area (Å²) in [6.07, 6.45) is 5.25. The maximum Gasteiger partial charge on any atom is 0.163 e. The predicted molar refractivity (Wildman–Crippen MR) is 226 cm³/mol. The Hall–Kier alpha value is -7.17. The minimum atomic E-state index is -0.0239. The van der Waals surface area contributed by atoms with Gasteiger partial charge in [0.2, 0.25) is 0 Å². The summed E-state index contributed by atoms with van der Waals surface area (Å²) < 4.78 is 6.23. The summed E-state index contributed by atoms with van der Waals surface area (Å²) in [5.41, 5.74) is 10.9. The molecule has 4 nitrogen and oxygen atoms in total. The van der Waals surface area contributed by atoms with Gasteiger partial charge in [0.15, 0.2) is 11.6 Å². The third-order valence-corrected chi connectivity index (χ3v) is 11.0. The van der Waals surface area contributed by atoms with E-state index in [-0.39, 0.29) is 5.92 Å². The van der Waals surface area contributed by atoms with E-state index in [0.29, 0.717) is 11.6 Å². The van der Waals surface area contributed by atoms with E-state index in [4.69, 9.17) is 19.4 Å². The highest BCUT2D eigenvalue weighted by Gasteiger charge is 2.22. The van der Waals surface area contributed by atoms with Gasteiger partial charge >= 0.3 is 0 Å². The van der Waals surface area contributed by atoms with Gasteiger partial charge in [0.05, 0.1) is 0 Å². The lowest BCUT2D eigenvalue weighted by molar-refractivity contribution is 0.669. The molecule has 1 aliphatic carbocycles. The zero-order valence-corrected chi connectivity index (χ0v) is 29.9. The molecule has 258 valence electrons. The van der Waals surface area contributed by atoms with Crippen LogP contribution in [0.4, 0.5) is 0 Å². The molecular weight excluding hydrogens is 671 g/mol. The molecule has 0 bridgehead atoms. The van der Waals surface area contributed by atoms with Crippen LogP contribution in [0.25, 0.3) is 94.6 Å². The quantitative estimate of drug-likeness (QED) is 0.179. The summed E-state index contributed by atoms with van der Waals surface area (Å²) in [6.45, 7) is 0. The Kier molecular flexibility index (Phi) is 7.27. The maximum atomic E-state index is 6.23. The van der Waals surface area contributed by atoms with E-state index in [1.807, 2.05) is 12.1 Å². The number of benzene rings is 8. The van der Waals surface area contributed by atoms with Crippen LogP contribution in [0, 0.1) is 0 Å². The smallest absolute Gasteiger partial charge is 0.163 e. The summed E-state index contributed by atoms with van der Waals surface area (Å²) in [5.74, 6) is 2.09. The first-order valence-corrected chi connectivity index (χ1v) is 18.8. The molecule has 1 unspecified atom stereocenters. The molecule has 0 saturated heterocycles. The second kappa shape index (κ2) is 12.8. The Labute approximate surface area is 318 Å². The number of fused-ring (bicyclic) bond motifs is 6. The molecule has 10 aromatic rings. The highest BCUT2D eigenvalue weighted by molar-refractivity contribution is 6.12. The van der Waals surface area contributed by atoms with Gasteiger partial charge in [0.1, 0.15) is 17.0 Å². The monoisotopic (exact) mass is 703 g/mol. The van der Waals surface area contributed by atoms with E-state index in [0.717, 1.165) is 56.3 Å². The Morgan fingerprint density at radius 1 is 0.455 bits per heavy atom. The summed E-state index contributed by atoms with van der Waals surface area (Å²) in [6, 6.07) is 59.9. The highest BCUT2D eigenvalue weighted by Crippen LogP contribution is 2.39. The topological polar surface area (TPSA) is 51.8 Å². The van der Waals surface area contributed by atoms with E-state index in [2.05, 4.69) is 170 Å². The molecule has 11 rings (SSSR count). The fourth-order valence-corrected chi connectivity index (χ4v) is 8.25. The number of allylic oxidation sites excluding steroid dienone is 1. The van der Waals surface area contributed by atoms with Crippen LogP contribution in [-0.2, 0) is 6.42 Å². The zero-order valence-electron chi connectivity index (χ0n) is 29.9. The minimum Gasteiger partial charge on any atom is -0.456 e. The maximum absolute atomic E-state index is 6.23. The first-order valence-electron chi connectivity index (χ1n) is 18.8. The Bertz CT molecular complexity index is 3130. The second-order valence-electron chi connectivity index (χ2n) is 14.4. The van der Waals surface area contributed by atoms with Crippen molar-refractivity contribution < 1.29 is 4.42 Å². The summed E-state index contributed by atoms with van der Waals surface area (Å²) in [7, 11) is 0. The van der Waals surface area contributed by atoms with Crippen LogP contribution in [0.2, 0.25) is 0 Å². The molecule has 2 aromatic heterocycles. The van der Waals surface area contributed by atoms with Crippen LogP contribution in [0.5, 0.6) is 0 Å². The van der Waals surface area contributed by atoms with Crippen molar-refractivity contribution in [3.63, 3.8) is 0 Å². The molecular formula is C51H33N3O. The first-order chi connectivity index (χ1) is 27.2. The van der Waals surface area contributed by atoms with E-state index in [9.17, 15) is 0 Å². The van der Waals surface area contributed by atoms with Crippen molar-refractivity contribution in [1.29, 1.82) is 0 Å². The van der Waals surface area contributed by atoms with Crippen molar-refractivity contribution in [2.24, 2.45) is 0 Å². The lowest BCUT2D eigenvalue weighted by Gasteiger charge is -2.20. The van der Waals surface area contributed by atoms with Gasteiger partial charge in [-0.2, -0.15) is 0 Å². The largest absolute Gasteiger partial charge is 0.456 e. The third-order valence-electron chi connectivity index (χ3n) is 11.0. The molecule has 0 fully saturated rings. The lowest BCUT2D eigenvalue weighted by atomic mass is 9.86. The number of hydrogen-bond acceptors (Lipinski definition) is 4. The number of furan rings is 1. The number of rotatable bonds is 5. The van der Waals surface area contributed by atoms with Crippen molar-refractivity contribution in [1.82, 2.24) is 15.0 Å². The number of para-hydroxylation sites is 1. The van der Waals surface area contributed by atoms with Crippen molar-refractivity contribution in [2.45, 2.75) is 12.3 Å². The first kappa shape index (κ1) is 31.4. The molecule has 2 heterocycles. The molecule has 55 heavy (non-hydrogen) atoms. The van der Waals surface area contributed by atoms with Gasteiger partial charge in [0, 0.05) is 27.8 Å². The molecule has 0 spiro atoms. The van der Waals surface area contributed by atoms with Gasteiger partial charge in [-0.05, 0) is 79.5 Å². The van der Waals surface area contributed by atoms with E-state index in [1.54, 1.807) is 0 Å². The second-order valence-corrected chi connectivity index (χ2v) is 14.4. The van der Waals surface area contributed by atoms with Crippen LogP contribution in [0.3, 0.4) is 0 Å². The fourth-order valence-electron chi connectivity index (χ4n) is 8.25. The number of nitrogens with zero attached hydrogens (tertiary/aromatic N) is 3. The van der Waals surface area contributed by atoms with Crippen molar-refractivity contribution in [3.8, 4) is 45.0 Å². The Balaban J connectivity index is 0.995. The average Bonchev–Trinajstić information content (AvgIpc) is 3.65. The van der Waals surface area contributed by atoms with Gasteiger partial charge in [0.25, 0.3) is 0 Å². The molecule has 0 radical (unpaired) electrons. The van der Waals surface area contributed by atoms with Crippen LogP contribution in [-0.4, -0.2) is 15.0 Å². The van der Waals surface area contributed by atoms with Crippen LogP contribution in [0.1, 0.15) is 22.9 Å². The van der Waals surface area contributed by atoms with E-state index >= 15 is 0 Å². The molecule has 0 N–H and O–H groups in total. The van der Waals surface area contributed by atoms with Gasteiger partial charge < -0.3 is 4.42 Å². The van der Waals surface area contributed by atoms with E-state index in [1.165, 1.54) is 44.0 Å². The van der Waals surface area contributed by atoms with Gasteiger partial charge in [-0.25, -0.2) is 15.0 Å². The van der Waals surface area contributed by atoms with Gasteiger partial charge in [-0.1, -0.05) is 164 Å². The molecule has 1 atom stereocenters. The van der Waals surface area contributed by atoms with Crippen LogP contribution in [0.15, 0.2) is 180 Å². The SMILES string of the molecule is C1=CC(c2nc(-c3ccc(-c4cccc5ccccc45)cc3)nc(-c3ccc4ccccc4c3)n2)Cc2cc(-c3cccc4oc5ccccc5c34)ccc21. The standard InChI is InChI=1S/C51H33N3O/c1-2-11-37-29-39(27-20-32(37)9-1)50-52-49(36-24-22-35(23-25-36)43-15-7-12-34-10-3-4-13-42(34)43)53-51(54-50)40-28-21-33-19-26-38(30-41(33)31-40)44-16-8-18-47-48(44)45-14-5-6-17-46(45)55-47/h1-30,40H,31H2. The summed E-state index contributed by atoms with van der Waals surface area (Å²) >= 11 is 0. The third kappa shape index (κ3) is 5.50. The molecule has 4 heteroatoms. The molecule has 0 aliphatic heterocycles. The zero-order chi connectivity index (χ0) is 36.3. The molecule has 0 amide bonds. The van der Waals surface area contributed by atoms with E-state index < -0.39 is 0 Å². The van der Waals surface area contributed by atoms with Crippen molar-refractivity contribution >= 4 is 49.6 Å². The average molecular weight is 704 g/mol. The number of aromatic nitrogens is 3. The van der Waals surface area contributed by atoms with Crippen molar-refractivity contribution in [2.75, 3.05) is 0 Å². The number of hydrogen-bond donors (Lipinski definition) is 0. The van der Waals surface area contributed by atoms with Crippen LogP contribution >= 0.6 is 0 Å². The van der Waals surface area contributed by atoms with Crippen LogP contribution < -0.4 is 0 Å². The fraction of sp³-hybridized carbons (Fsp3) is 0.0392. The highest BCUT2D eigenvalue weighted by atomic mass is 16.3. The van der Waals surface area contributed by atoms with Crippen molar-refractivity contribution in [3.05, 3.63) is 193 Å². The molecule has 1 aliphatic rings. The molecule has 0 saturated carbocycles. The normalized spacial score (nSPS) is 13.9. The van der Waals surface area contributed by atoms with Gasteiger partial charge in [-0.15, -0.1) is 0 Å². The Morgan fingerprint density at radius 3 is 2.00 bits per heavy atom. The predicted octanol–water partition coefficient (Wildman–Crippen LogP) is 13.1. The van der Waals surface area contributed by atoms with Gasteiger partial charge in [-0.3, -0.25) is 0 Å².